The second kappa shape index (κ2) is 4.80. The molecule has 0 bridgehead atoms. The standard InChI is InChI=1S/C7H11ClOS/c1-3-6(9)4-5(2)7(8)10/h5H,3-4H2,1-2H3. The van der Waals surface area contributed by atoms with Gasteiger partial charge in [-0.1, -0.05) is 37.7 Å². The van der Waals surface area contributed by atoms with Crippen molar-refractivity contribution in [3.63, 3.8) is 0 Å². The highest BCUT2D eigenvalue weighted by atomic mass is 35.5. The van der Waals surface area contributed by atoms with Crippen LogP contribution in [0.25, 0.3) is 0 Å². The molecule has 1 nitrogen and oxygen atoms in total. The average Bonchev–Trinajstić information content (AvgIpc) is 1.87. The van der Waals surface area contributed by atoms with Crippen molar-refractivity contribution in [2.75, 3.05) is 0 Å². The summed E-state index contributed by atoms with van der Waals surface area (Å²) in [6.07, 6.45) is 1.06. The Morgan fingerprint density at radius 3 is 2.50 bits per heavy atom. The maximum atomic E-state index is 10.8. The van der Waals surface area contributed by atoms with Crippen LogP contribution in [0.5, 0.6) is 0 Å². The molecule has 0 saturated carbocycles. The Labute approximate surface area is 71.8 Å². The lowest BCUT2D eigenvalue weighted by molar-refractivity contribution is -0.119. The summed E-state index contributed by atoms with van der Waals surface area (Å²) in [5.41, 5.74) is 0. The van der Waals surface area contributed by atoms with E-state index in [0.29, 0.717) is 17.2 Å². The van der Waals surface area contributed by atoms with E-state index in [9.17, 15) is 4.79 Å². The Hall–Kier alpha value is 0.0500. The van der Waals surface area contributed by atoms with Gasteiger partial charge < -0.3 is 0 Å². The number of carbonyl (C=O) groups is 1. The summed E-state index contributed by atoms with van der Waals surface area (Å²) in [4.78, 5) is 10.8. The number of rotatable bonds is 4. The summed E-state index contributed by atoms with van der Waals surface area (Å²) < 4.78 is 0.404. The van der Waals surface area contributed by atoms with Crippen LogP contribution in [0.15, 0.2) is 0 Å². The molecule has 0 aromatic rings. The Kier molecular flexibility index (Phi) is 4.83. The summed E-state index contributed by atoms with van der Waals surface area (Å²) in [6, 6.07) is 0. The smallest absolute Gasteiger partial charge is 0.133 e. The monoisotopic (exact) mass is 178 g/mol. The number of halogens is 1. The number of hydrogen-bond acceptors (Lipinski definition) is 2. The highest BCUT2D eigenvalue weighted by Crippen LogP contribution is 2.09. The van der Waals surface area contributed by atoms with Gasteiger partial charge in [-0.25, -0.2) is 0 Å². The minimum Gasteiger partial charge on any atom is -0.300 e. The van der Waals surface area contributed by atoms with Crippen molar-refractivity contribution in [1.29, 1.82) is 0 Å². The minimum absolute atomic E-state index is 0.0455. The van der Waals surface area contributed by atoms with Gasteiger partial charge in [0, 0.05) is 18.8 Å². The molecule has 0 fully saturated rings. The van der Waals surface area contributed by atoms with Crippen LogP contribution in [-0.2, 0) is 4.79 Å². The van der Waals surface area contributed by atoms with Crippen LogP contribution in [0.3, 0.4) is 0 Å². The molecule has 0 aromatic heterocycles. The van der Waals surface area contributed by atoms with Crippen LogP contribution >= 0.6 is 23.8 Å². The molecule has 1 unspecified atom stereocenters. The molecule has 0 spiro atoms. The fourth-order valence-corrected chi connectivity index (χ4v) is 0.727. The Bertz CT molecular complexity index is 145. The first-order chi connectivity index (χ1) is 4.57. The molecule has 0 N–H and O–H groups in total. The molecule has 0 rings (SSSR count). The highest BCUT2D eigenvalue weighted by Gasteiger charge is 2.09. The maximum absolute atomic E-state index is 10.8. The van der Waals surface area contributed by atoms with E-state index >= 15 is 0 Å². The maximum Gasteiger partial charge on any atom is 0.133 e. The molecule has 0 aliphatic heterocycles. The molecule has 10 heavy (non-hydrogen) atoms. The van der Waals surface area contributed by atoms with Crippen molar-refractivity contribution >= 4 is 33.9 Å². The summed E-state index contributed by atoms with van der Waals surface area (Å²) >= 11 is 10.2. The third-order valence-corrected chi connectivity index (χ3v) is 2.09. The normalized spacial score (nSPS) is 12.7. The summed E-state index contributed by atoms with van der Waals surface area (Å²) in [5.74, 6) is 0.264. The van der Waals surface area contributed by atoms with Crippen LogP contribution in [0.1, 0.15) is 26.7 Å². The van der Waals surface area contributed by atoms with E-state index in [-0.39, 0.29) is 11.7 Å². The van der Waals surface area contributed by atoms with Gasteiger partial charge in [0.05, 0.1) is 4.32 Å². The van der Waals surface area contributed by atoms with Crippen molar-refractivity contribution in [2.45, 2.75) is 26.7 Å². The van der Waals surface area contributed by atoms with E-state index in [2.05, 4.69) is 0 Å². The molecule has 0 heterocycles. The van der Waals surface area contributed by atoms with E-state index in [1.165, 1.54) is 0 Å². The molecule has 0 amide bonds. The molecule has 0 radical (unpaired) electrons. The molecule has 3 heteroatoms. The van der Waals surface area contributed by atoms with Crippen molar-refractivity contribution in [3.8, 4) is 0 Å². The third-order valence-electron chi connectivity index (χ3n) is 1.32. The number of Topliss-reactive ketones (excluding diaryl/α,β-unsaturated/α-hetero) is 1. The number of ketones is 1. The Balaban J connectivity index is 3.68. The zero-order valence-corrected chi connectivity index (χ0v) is 7.76. The van der Waals surface area contributed by atoms with Gasteiger partial charge in [-0.15, -0.1) is 0 Å². The van der Waals surface area contributed by atoms with Gasteiger partial charge in [0.1, 0.15) is 5.78 Å². The topological polar surface area (TPSA) is 17.1 Å². The van der Waals surface area contributed by atoms with Gasteiger partial charge in [-0.3, -0.25) is 4.79 Å². The van der Waals surface area contributed by atoms with E-state index in [1.54, 1.807) is 0 Å². The van der Waals surface area contributed by atoms with E-state index < -0.39 is 0 Å². The van der Waals surface area contributed by atoms with Gasteiger partial charge in [-0.05, 0) is 0 Å². The molecule has 0 aliphatic carbocycles. The minimum atomic E-state index is 0.0455. The SMILES string of the molecule is CCC(=O)CC(C)C(=S)Cl. The molecule has 58 valence electrons. The molecule has 1 atom stereocenters. The quantitative estimate of drug-likeness (QED) is 0.486. The average molecular weight is 179 g/mol. The number of thiocarbonyl (C=S) groups is 1. The first-order valence-corrected chi connectivity index (χ1v) is 4.07. The van der Waals surface area contributed by atoms with Crippen LogP contribution in [0.4, 0.5) is 0 Å². The lowest BCUT2D eigenvalue weighted by atomic mass is 10.1. The van der Waals surface area contributed by atoms with E-state index in [4.69, 9.17) is 23.8 Å². The first kappa shape index (κ1) is 10.0. The van der Waals surface area contributed by atoms with Crippen LogP contribution < -0.4 is 0 Å². The van der Waals surface area contributed by atoms with Crippen molar-refractivity contribution in [2.24, 2.45) is 5.92 Å². The zero-order chi connectivity index (χ0) is 8.15. The Morgan fingerprint density at radius 1 is 1.70 bits per heavy atom. The lowest BCUT2D eigenvalue weighted by Crippen LogP contribution is -2.08. The summed E-state index contributed by atoms with van der Waals surface area (Å²) in [6.45, 7) is 3.70. The Morgan fingerprint density at radius 2 is 2.20 bits per heavy atom. The van der Waals surface area contributed by atoms with Crippen LogP contribution in [0.2, 0.25) is 0 Å². The summed E-state index contributed by atoms with van der Waals surface area (Å²) in [5, 5.41) is 0. The second-order valence-electron chi connectivity index (χ2n) is 2.30. The van der Waals surface area contributed by atoms with E-state index in [1.807, 2.05) is 13.8 Å². The van der Waals surface area contributed by atoms with Gasteiger partial charge in [0.2, 0.25) is 0 Å². The molecule has 0 aromatic carbocycles. The first-order valence-electron chi connectivity index (χ1n) is 3.29. The molecule has 0 aliphatic rings. The second-order valence-corrected chi connectivity index (χ2v) is 3.37. The number of carbonyl (C=O) groups excluding carboxylic acids is 1. The number of hydrogen-bond donors (Lipinski definition) is 0. The van der Waals surface area contributed by atoms with Crippen molar-refractivity contribution in [1.82, 2.24) is 0 Å². The van der Waals surface area contributed by atoms with Crippen LogP contribution in [-0.4, -0.2) is 10.1 Å². The molecule has 0 saturated heterocycles. The molecular formula is C7H11ClOS. The van der Waals surface area contributed by atoms with Gasteiger partial charge in [-0.2, -0.15) is 0 Å². The highest BCUT2D eigenvalue weighted by molar-refractivity contribution is 7.83. The fourth-order valence-electron chi connectivity index (χ4n) is 0.566. The largest absolute Gasteiger partial charge is 0.300 e. The molecular weight excluding hydrogens is 168 g/mol. The van der Waals surface area contributed by atoms with E-state index in [0.717, 1.165) is 0 Å². The zero-order valence-electron chi connectivity index (χ0n) is 6.19. The van der Waals surface area contributed by atoms with Crippen molar-refractivity contribution < 1.29 is 4.79 Å². The van der Waals surface area contributed by atoms with Gasteiger partial charge in [0.15, 0.2) is 0 Å². The lowest BCUT2D eigenvalue weighted by Gasteiger charge is -2.04. The van der Waals surface area contributed by atoms with Crippen LogP contribution in [0, 0.1) is 5.92 Å². The van der Waals surface area contributed by atoms with Crippen molar-refractivity contribution in [3.05, 3.63) is 0 Å². The third kappa shape index (κ3) is 3.96. The predicted octanol–water partition coefficient (Wildman–Crippen LogP) is 2.56. The predicted molar refractivity (Wildman–Crippen MR) is 47.5 cm³/mol. The van der Waals surface area contributed by atoms with Gasteiger partial charge >= 0.3 is 0 Å². The summed E-state index contributed by atoms with van der Waals surface area (Å²) in [7, 11) is 0. The van der Waals surface area contributed by atoms with Gasteiger partial charge in [0.25, 0.3) is 0 Å². The fraction of sp³-hybridized carbons (Fsp3) is 0.714.